The average molecular weight is 360 g/mol. The van der Waals surface area contributed by atoms with Crippen LogP contribution in [0.2, 0.25) is 0 Å². The number of nitrogens with zero attached hydrogens (tertiary/aromatic N) is 1. The summed E-state index contributed by atoms with van der Waals surface area (Å²) in [6.45, 7) is 2.68. The van der Waals surface area contributed by atoms with Crippen LogP contribution in [0.5, 0.6) is 0 Å². The number of aromatic nitrogens is 1. The smallest absolute Gasteiger partial charge is 0.208 e. The number of aryl methyl sites for hydroxylation is 1. The van der Waals surface area contributed by atoms with Crippen LogP contribution in [-0.4, -0.2) is 4.98 Å². The van der Waals surface area contributed by atoms with Crippen LogP contribution in [0.1, 0.15) is 27.9 Å². The van der Waals surface area contributed by atoms with Gasteiger partial charge in [-0.2, -0.15) is 0 Å². The highest BCUT2D eigenvalue weighted by Gasteiger charge is 2.16. The fraction of sp³-hybridized carbons (Fsp3) is 0.136. The van der Waals surface area contributed by atoms with Gasteiger partial charge in [0.2, 0.25) is 5.89 Å². The molecular formula is C22H20N2OS. The lowest BCUT2D eigenvalue weighted by atomic mass is 10.0. The van der Waals surface area contributed by atoms with Crippen LogP contribution in [0.3, 0.4) is 0 Å². The normalized spacial score (nSPS) is 12.2. The molecular weight excluding hydrogens is 340 g/mol. The third-order valence-electron chi connectivity index (χ3n) is 4.31. The van der Waals surface area contributed by atoms with Crippen LogP contribution in [0, 0.1) is 6.92 Å². The van der Waals surface area contributed by atoms with Gasteiger partial charge in [0, 0.05) is 10.4 Å². The van der Waals surface area contributed by atoms with Crippen molar-refractivity contribution in [2.75, 3.05) is 0 Å². The molecule has 0 aliphatic carbocycles. The maximum absolute atomic E-state index is 5.92. The first kappa shape index (κ1) is 16.8. The summed E-state index contributed by atoms with van der Waals surface area (Å²) in [6, 6.07) is 23.1. The van der Waals surface area contributed by atoms with Crippen molar-refractivity contribution in [1.29, 1.82) is 0 Å². The Morgan fingerprint density at radius 2 is 1.81 bits per heavy atom. The van der Waals surface area contributed by atoms with Gasteiger partial charge in [-0.3, -0.25) is 5.32 Å². The van der Waals surface area contributed by atoms with E-state index in [9.17, 15) is 0 Å². The van der Waals surface area contributed by atoms with Crippen LogP contribution < -0.4 is 5.32 Å². The van der Waals surface area contributed by atoms with Gasteiger partial charge in [0.1, 0.15) is 0 Å². The van der Waals surface area contributed by atoms with E-state index in [-0.39, 0.29) is 6.04 Å². The van der Waals surface area contributed by atoms with Gasteiger partial charge in [-0.05, 0) is 23.9 Å². The molecule has 0 spiro atoms. The molecule has 0 bridgehead atoms. The number of thiophene rings is 1. The molecule has 1 N–H and O–H groups in total. The quantitative estimate of drug-likeness (QED) is 0.487. The molecule has 4 aromatic rings. The lowest BCUT2D eigenvalue weighted by Gasteiger charge is -2.17. The molecule has 0 saturated heterocycles. The maximum atomic E-state index is 5.92. The van der Waals surface area contributed by atoms with Gasteiger partial charge in [0.15, 0.2) is 5.76 Å². The minimum absolute atomic E-state index is 0.127. The monoisotopic (exact) mass is 360 g/mol. The molecule has 3 nitrogen and oxygen atoms in total. The van der Waals surface area contributed by atoms with E-state index in [1.807, 2.05) is 30.3 Å². The number of hydrogen-bond acceptors (Lipinski definition) is 4. The Kier molecular flexibility index (Phi) is 4.95. The van der Waals surface area contributed by atoms with Crippen LogP contribution >= 0.6 is 11.3 Å². The number of nitrogens with one attached hydrogen (secondary N) is 1. The first-order valence-electron chi connectivity index (χ1n) is 8.63. The number of hydrogen-bond donors (Lipinski definition) is 1. The lowest BCUT2D eigenvalue weighted by Crippen LogP contribution is -2.21. The van der Waals surface area contributed by atoms with E-state index in [2.05, 4.69) is 59.0 Å². The van der Waals surface area contributed by atoms with E-state index < -0.39 is 0 Å². The Balaban J connectivity index is 1.52. The van der Waals surface area contributed by atoms with Gasteiger partial charge in [-0.1, -0.05) is 66.2 Å². The molecule has 2 heterocycles. The maximum Gasteiger partial charge on any atom is 0.208 e. The van der Waals surface area contributed by atoms with Crippen molar-refractivity contribution in [1.82, 2.24) is 10.3 Å². The zero-order chi connectivity index (χ0) is 17.8. The van der Waals surface area contributed by atoms with Crippen molar-refractivity contribution in [2.45, 2.75) is 19.5 Å². The fourth-order valence-corrected chi connectivity index (χ4v) is 3.74. The molecule has 2 aromatic heterocycles. The highest BCUT2D eigenvalue weighted by Crippen LogP contribution is 2.27. The predicted octanol–water partition coefficient (Wildman–Crippen LogP) is 5.59. The molecule has 0 amide bonds. The molecule has 26 heavy (non-hydrogen) atoms. The third kappa shape index (κ3) is 3.77. The molecule has 0 aliphatic heterocycles. The third-order valence-corrected chi connectivity index (χ3v) is 5.24. The molecule has 0 fully saturated rings. The number of oxazole rings is 1. The van der Waals surface area contributed by atoms with E-state index in [0.29, 0.717) is 12.4 Å². The summed E-state index contributed by atoms with van der Waals surface area (Å²) in [4.78, 5) is 5.71. The summed E-state index contributed by atoms with van der Waals surface area (Å²) in [5, 5.41) is 5.70. The second kappa shape index (κ2) is 7.68. The van der Waals surface area contributed by atoms with E-state index in [0.717, 1.165) is 11.3 Å². The van der Waals surface area contributed by atoms with E-state index in [1.54, 1.807) is 17.5 Å². The standard InChI is InChI=1S/C22H20N2OS/c1-16-9-11-18(12-10-16)22(20-8-5-13-26-20)24-15-21-23-14-19(25-21)17-6-3-2-4-7-17/h2-14,22,24H,15H2,1H3/t22-/m0/s1. The summed E-state index contributed by atoms with van der Waals surface area (Å²) < 4.78 is 5.92. The summed E-state index contributed by atoms with van der Waals surface area (Å²) in [5.41, 5.74) is 3.55. The van der Waals surface area contributed by atoms with Crippen molar-refractivity contribution >= 4 is 11.3 Å². The van der Waals surface area contributed by atoms with Crippen molar-refractivity contribution < 1.29 is 4.42 Å². The molecule has 0 unspecified atom stereocenters. The van der Waals surface area contributed by atoms with Crippen molar-refractivity contribution in [3.05, 3.63) is 100 Å². The summed E-state index contributed by atoms with van der Waals surface area (Å²) in [7, 11) is 0. The highest BCUT2D eigenvalue weighted by atomic mass is 32.1. The Bertz CT molecular complexity index is 944. The van der Waals surface area contributed by atoms with Gasteiger partial charge in [0.25, 0.3) is 0 Å². The zero-order valence-electron chi connectivity index (χ0n) is 14.6. The summed E-state index contributed by atoms with van der Waals surface area (Å²) in [5.74, 6) is 1.49. The van der Waals surface area contributed by atoms with Gasteiger partial charge in [-0.15, -0.1) is 11.3 Å². The fourth-order valence-electron chi connectivity index (χ4n) is 2.91. The second-order valence-electron chi connectivity index (χ2n) is 6.22. The molecule has 4 heteroatoms. The van der Waals surface area contributed by atoms with E-state index >= 15 is 0 Å². The Labute approximate surface area is 157 Å². The molecule has 130 valence electrons. The first-order valence-corrected chi connectivity index (χ1v) is 9.51. The van der Waals surface area contributed by atoms with Crippen molar-refractivity contribution in [2.24, 2.45) is 0 Å². The number of benzene rings is 2. The van der Waals surface area contributed by atoms with Gasteiger partial charge in [0.05, 0.1) is 18.8 Å². The average Bonchev–Trinajstić information content (AvgIpc) is 3.36. The van der Waals surface area contributed by atoms with Crippen LogP contribution in [-0.2, 0) is 6.54 Å². The van der Waals surface area contributed by atoms with Crippen LogP contribution in [0.4, 0.5) is 0 Å². The minimum atomic E-state index is 0.127. The second-order valence-corrected chi connectivity index (χ2v) is 7.20. The SMILES string of the molecule is Cc1ccc([C@H](NCc2ncc(-c3ccccc3)o2)c2cccs2)cc1. The lowest BCUT2D eigenvalue weighted by molar-refractivity contribution is 0.464. The molecule has 0 saturated carbocycles. The van der Waals surface area contributed by atoms with Gasteiger partial charge >= 0.3 is 0 Å². The van der Waals surface area contributed by atoms with Crippen molar-refractivity contribution in [3.63, 3.8) is 0 Å². The van der Waals surface area contributed by atoms with E-state index in [4.69, 9.17) is 4.42 Å². The van der Waals surface area contributed by atoms with Gasteiger partial charge in [-0.25, -0.2) is 4.98 Å². The van der Waals surface area contributed by atoms with E-state index in [1.165, 1.54) is 16.0 Å². The zero-order valence-corrected chi connectivity index (χ0v) is 15.4. The summed E-state index contributed by atoms with van der Waals surface area (Å²) >= 11 is 1.75. The molecule has 0 aliphatic rings. The molecule has 1 atom stereocenters. The van der Waals surface area contributed by atoms with Crippen LogP contribution in [0.15, 0.2) is 82.7 Å². The number of rotatable bonds is 6. The topological polar surface area (TPSA) is 38.1 Å². The first-order chi connectivity index (χ1) is 12.8. The van der Waals surface area contributed by atoms with Crippen molar-refractivity contribution in [3.8, 4) is 11.3 Å². The summed E-state index contributed by atoms with van der Waals surface area (Å²) in [6.07, 6.45) is 1.79. The highest BCUT2D eigenvalue weighted by molar-refractivity contribution is 7.10. The largest absolute Gasteiger partial charge is 0.439 e. The van der Waals surface area contributed by atoms with Gasteiger partial charge < -0.3 is 4.42 Å². The Hall–Kier alpha value is -2.69. The molecule has 0 radical (unpaired) electrons. The van der Waals surface area contributed by atoms with Crippen LogP contribution in [0.25, 0.3) is 11.3 Å². The molecule has 4 rings (SSSR count). The Morgan fingerprint density at radius 1 is 1.00 bits per heavy atom. The minimum Gasteiger partial charge on any atom is -0.439 e. The Morgan fingerprint density at radius 3 is 2.54 bits per heavy atom. The predicted molar refractivity (Wildman–Crippen MR) is 106 cm³/mol. The molecule has 2 aromatic carbocycles.